The smallest absolute Gasteiger partial charge is 0.423 e. The summed E-state index contributed by atoms with van der Waals surface area (Å²) in [6.07, 6.45) is 0. The molecular formula is C38H31BCl2IO2PPdS2. The molecule has 2 nitrogen and oxygen atoms in total. The van der Waals surface area contributed by atoms with E-state index in [2.05, 4.69) is 131 Å². The fourth-order valence-electron chi connectivity index (χ4n) is 4.10. The van der Waals surface area contributed by atoms with Crippen LogP contribution in [0.3, 0.4) is 0 Å². The van der Waals surface area contributed by atoms with E-state index >= 15 is 0 Å². The van der Waals surface area contributed by atoms with Gasteiger partial charge in [0.25, 0.3) is 0 Å². The van der Waals surface area contributed by atoms with Crippen LogP contribution in [0.15, 0.2) is 175 Å². The van der Waals surface area contributed by atoms with E-state index in [4.69, 9.17) is 33.2 Å². The Morgan fingerprint density at radius 2 is 0.917 bits per heavy atom. The van der Waals surface area contributed by atoms with Crippen LogP contribution in [-0.4, -0.2) is 17.2 Å². The van der Waals surface area contributed by atoms with Crippen LogP contribution >= 0.6 is 76.4 Å². The van der Waals surface area contributed by atoms with Gasteiger partial charge in [0.2, 0.25) is 0 Å². The predicted octanol–water partition coefficient (Wildman–Crippen LogP) is 9.88. The molecule has 246 valence electrons. The van der Waals surface area contributed by atoms with E-state index in [1.165, 1.54) is 41.3 Å². The van der Waals surface area contributed by atoms with Gasteiger partial charge in [-0.1, -0.05) is 145 Å². The molecule has 0 bridgehead atoms. The fraction of sp³-hybridized carbons (Fsp3) is 0. The van der Waals surface area contributed by atoms with Crippen LogP contribution in [0, 0.1) is 3.57 Å². The first-order valence-electron chi connectivity index (χ1n) is 14.5. The van der Waals surface area contributed by atoms with Crippen molar-refractivity contribution in [3.05, 3.63) is 188 Å². The molecule has 10 heteroatoms. The summed E-state index contributed by atoms with van der Waals surface area (Å²) in [5, 5.41) is 26.6. The average molecular weight is 930 g/mol. The third kappa shape index (κ3) is 14.0. The van der Waals surface area contributed by atoms with Crippen molar-refractivity contribution in [1.82, 2.24) is 0 Å². The van der Waals surface area contributed by atoms with Gasteiger partial charge in [-0.3, -0.25) is 0 Å². The molecular weight excluding hydrogens is 899 g/mol. The van der Waals surface area contributed by atoms with Crippen LogP contribution < -0.4 is 20.7 Å². The Bertz CT molecular complexity index is 1700. The molecule has 2 heterocycles. The van der Waals surface area contributed by atoms with E-state index in [1.807, 2.05) is 48.5 Å². The van der Waals surface area contributed by atoms with Crippen molar-refractivity contribution < 1.29 is 30.5 Å². The summed E-state index contributed by atoms with van der Waals surface area (Å²) in [6, 6.07) is 55.5. The molecule has 0 aliphatic rings. The summed E-state index contributed by atoms with van der Waals surface area (Å²) in [6.45, 7) is 0. The van der Waals surface area contributed by atoms with Crippen molar-refractivity contribution >= 4 is 104 Å². The van der Waals surface area contributed by atoms with Gasteiger partial charge in [0.1, 0.15) is 0 Å². The second kappa shape index (κ2) is 22.6. The molecule has 0 radical (unpaired) electrons. The number of rotatable bonds is 5. The minimum absolute atomic E-state index is 0. The molecule has 0 fully saturated rings. The Labute approximate surface area is 330 Å². The topological polar surface area (TPSA) is 40.5 Å². The number of hydrogen-bond donors (Lipinski definition) is 2. The minimum atomic E-state index is -1.30. The molecule has 7 aromatic rings. The van der Waals surface area contributed by atoms with Gasteiger partial charge in [-0.25, -0.2) is 0 Å². The van der Waals surface area contributed by atoms with Gasteiger partial charge >= 0.3 is 7.12 Å². The van der Waals surface area contributed by atoms with Gasteiger partial charge in [0.05, 0.1) is 0 Å². The predicted molar refractivity (Wildman–Crippen MR) is 218 cm³/mol. The number of halogens is 3. The van der Waals surface area contributed by atoms with Gasteiger partial charge in [-0.05, 0) is 105 Å². The molecule has 2 aromatic heterocycles. The Hall–Kier alpha value is -2.11. The molecule has 5 aromatic carbocycles. The Morgan fingerprint density at radius 1 is 0.500 bits per heavy atom. The quantitative estimate of drug-likeness (QED) is 0.103. The van der Waals surface area contributed by atoms with E-state index in [9.17, 15) is 0 Å². The zero-order chi connectivity index (χ0) is 33.3. The summed E-state index contributed by atoms with van der Waals surface area (Å²) in [5.74, 6) is 0. The summed E-state index contributed by atoms with van der Waals surface area (Å²) < 4.78 is 1.80. The van der Waals surface area contributed by atoms with Crippen molar-refractivity contribution in [3.63, 3.8) is 0 Å². The number of benzene rings is 5. The molecule has 0 amide bonds. The average Bonchev–Trinajstić information content (AvgIpc) is 3.85. The molecule has 0 aliphatic heterocycles. The summed E-state index contributed by atoms with van der Waals surface area (Å²) in [4.78, 5) is 1.28. The van der Waals surface area contributed by atoms with E-state index in [0.717, 1.165) is 10.0 Å². The molecule has 7 rings (SSSR count). The van der Waals surface area contributed by atoms with Gasteiger partial charge in [-0.2, -0.15) is 11.3 Å². The third-order valence-electron chi connectivity index (χ3n) is 6.29. The first-order chi connectivity index (χ1) is 22.9. The summed E-state index contributed by atoms with van der Waals surface area (Å²) in [5.41, 5.74) is 1.23. The van der Waals surface area contributed by atoms with Crippen LogP contribution in [0.4, 0.5) is 0 Å². The molecule has 0 spiro atoms. The Balaban J connectivity index is 0.000000186. The van der Waals surface area contributed by atoms with Crippen molar-refractivity contribution in [2.45, 2.75) is 0 Å². The fourth-order valence-corrected chi connectivity index (χ4v) is 8.35. The standard InChI is InChI=1S/C18H15P.C10H7ClS.C6H4ClI.C4H5BO2S.Pd/c1-4-10-16(11-5-1)19(17-12-6-2-7-13-17)18-14-8-3-9-15-18;11-9-5-3-8(4-6-9)10-2-1-7-12-10;7-5-1-3-6(8)4-2-5;6-5(7)4-2-1-3-8-4;/h1-15H;1-7H;1-4H;1-3,6-7H;. The number of thiophene rings is 2. The van der Waals surface area contributed by atoms with Crippen LogP contribution in [0.5, 0.6) is 0 Å². The van der Waals surface area contributed by atoms with Gasteiger partial charge in [-0.15, -0.1) is 11.3 Å². The summed E-state index contributed by atoms with van der Waals surface area (Å²) in [7, 11) is -1.74. The van der Waals surface area contributed by atoms with Crippen molar-refractivity contribution in [3.8, 4) is 10.4 Å². The molecule has 0 saturated carbocycles. The second-order valence-corrected chi connectivity index (χ2v) is 15.9. The Morgan fingerprint density at radius 3 is 1.25 bits per heavy atom. The maximum Gasteiger partial charge on any atom is 0.499 e. The first kappa shape index (κ1) is 40.3. The molecule has 0 unspecified atom stereocenters. The van der Waals surface area contributed by atoms with Crippen LogP contribution in [0.1, 0.15) is 0 Å². The summed E-state index contributed by atoms with van der Waals surface area (Å²) >= 11 is 16.7. The second-order valence-electron chi connectivity index (χ2n) is 9.65. The van der Waals surface area contributed by atoms with E-state index in [1.54, 1.807) is 28.8 Å². The van der Waals surface area contributed by atoms with Gasteiger partial charge in [0, 0.05) is 43.7 Å². The minimum Gasteiger partial charge on any atom is -0.423 e. The van der Waals surface area contributed by atoms with E-state index < -0.39 is 15.0 Å². The van der Waals surface area contributed by atoms with Gasteiger partial charge < -0.3 is 10.0 Å². The number of hydrogen-bond acceptors (Lipinski definition) is 4. The SMILES string of the molecule is Clc1ccc(-c2cccs2)cc1.Clc1ccc(I)cc1.OB(O)c1cccs1.[Pd].c1ccc(P(c2ccccc2)c2ccccc2)cc1. The van der Waals surface area contributed by atoms with Crippen LogP contribution in [0.25, 0.3) is 10.4 Å². The first-order valence-corrected chi connectivity index (χ1v) is 19.4. The van der Waals surface area contributed by atoms with Crippen molar-refractivity contribution in [1.29, 1.82) is 0 Å². The molecule has 0 saturated heterocycles. The monoisotopic (exact) mass is 928 g/mol. The molecule has 0 atom stereocenters. The molecule has 0 aliphatic carbocycles. The van der Waals surface area contributed by atoms with E-state index in [0.29, 0.717) is 4.78 Å². The largest absolute Gasteiger partial charge is 0.499 e. The maximum atomic E-state index is 8.48. The zero-order valence-corrected chi connectivity index (χ0v) is 33.2. The third-order valence-corrected chi connectivity index (χ3v) is 11.8. The zero-order valence-electron chi connectivity index (χ0n) is 25.4. The van der Waals surface area contributed by atoms with Gasteiger partial charge in [0.15, 0.2) is 0 Å². The van der Waals surface area contributed by atoms with Crippen LogP contribution in [0.2, 0.25) is 10.0 Å². The van der Waals surface area contributed by atoms with Crippen molar-refractivity contribution in [2.75, 3.05) is 0 Å². The maximum absolute atomic E-state index is 8.48. The van der Waals surface area contributed by atoms with Crippen molar-refractivity contribution in [2.24, 2.45) is 0 Å². The molecule has 2 N–H and O–H groups in total. The normalized spacial score (nSPS) is 9.79. The molecule has 48 heavy (non-hydrogen) atoms. The Kier molecular flexibility index (Phi) is 19.0. The van der Waals surface area contributed by atoms with Crippen LogP contribution in [-0.2, 0) is 20.4 Å². The van der Waals surface area contributed by atoms with E-state index in [-0.39, 0.29) is 20.4 Å².